The molecule has 0 fully saturated rings. The standard InChI is InChI=1S/C18H20N2O5/c1-11(2)25-18(16(21)22,17(23)24)10-12-5-7-13(8-6-12)14-4-3-9-20-15(14)19/h3-9,11H,10H2,1-2H3,(H2,19,20)(H,21,22)(H,23,24). The van der Waals surface area contributed by atoms with E-state index in [0.717, 1.165) is 11.1 Å². The van der Waals surface area contributed by atoms with Gasteiger partial charge in [0.25, 0.3) is 5.60 Å². The van der Waals surface area contributed by atoms with E-state index in [1.807, 2.05) is 6.07 Å². The van der Waals surface area contributed by atoms with Crippen LogP contribution in [0.2, 0.25) is 0 Å². The fourth-order valence-electron chi connectivity index (χ4n) is 2.54. The van der Waals surface area contributed by atoms with Gasteiger partial charge in [-0.2, -0.15) is 0 Å². The van der Waals surface area contributed by atoms with Gasteiger partial charge in [-0.15, -0.1) is 0 Å². The van der Waals surface area contributed by atoms with Crippen LogP contribution in [0.25, 0.3) is 11.1 Å². The quantitative estimate of drug-likeness (QED) is 0.658. The molecule has 1 aromatic heterocycles. The van der Waals surface area contributed by atoms with Gasteiger partial charge in [0.15, 0.2) is 0 Å². The molecule has 0 aliphatic heterocycles. The summed E-state index contributed by atoms with van der Waals surface area (Å²) in [5.41, 5.74) is 5.58. The van der Waals surface area contributed by atoms with Gasteiger partial charge >= 0.3 is 11.9 Å². The second kappa shape index (κ2) is 7.31. The topological polar surface area (TPSA) is 123 Å². The van der Waals surface area contributed by atoms with Crippen molar-refractivity contribution in [2.24, 2.45) is 0 Å². The van der Waals surface area contributed by atoms with Crippen LogP contribution in [0.5, 0.6) is 0 Å². The van der Waals surface area contributed by atoms with Crippen molar-refractivity contribution >= 4 is 17.8 Å². The normalized spacial score (nSPS) is 11.5. The first-order chi connectivity index (χ1) is 11.8. The van der Waals surface area contributed by atoms with Crippen LogP contribution in [-0.2, 0) is 20.7 Å². The Labute approximate surface area is 145 Å². The molecular formula is C18H20N2O5. The molecule has 7 nitrogen and oxygen atoms in total. The largest absolute Gasteiger partial charge is 0.479 e. The molecule has 0 amide bonds. The number of pyridine rings is 1. The molecule has 0 saturated heterocycles. The molecule has 0 unspecified atom stereocenters. The van der Waals surface area contributed by atoms with E-state index in [-0.39, 0.29) is 6.42 Å². The van der Waals surface area contributed by atoms with E-state index in [2.05, 4.69) is 4.98 Å². The summed E-state index contributed by atoms with van der Waals surface area (Å²) in [5, 5.41) is 18.9. The Hall–Kier alpha value is -2.93. The van der Waals surface area contributed by atoms with Gasteiger partial charge in [0, 0.05) is 18.2 Å². The van der Waals surface area contributed by atoms with E-state index >= 15 is 0 Å². The lowest BCUT2D eigenvalue weighted by Crippen LogP contribution is -2.52. The van der Waals surface area contributed by atoms with Crippen molar-refractivity contribution in [2.75, 3.05) is 5.73 Å². The van der Waals surface area contributed by atoms with Crippen molar-refractivity contribution in [3.8, 4) is 11.1 Å². The molecule has 0 bridgehead atoms. The fourth-order valence-corrected chi connectivity index (χ4v) is 2.54. The molecule has 0 saturated carbocycles. The van der Waals surface area contributed by atoms with Gasteiger partial charge in [-0.25, -0.2) is 14.6 Å². The summed E-state index contributed by atoms with van der Waals surface area (Å²) in [6, 6.07) is 10.4. The number of nitrogens with two attached hydrogens (primary N) is 1. The van der Waals surface area contributed by atoms with Gasteiger partial charge in [0.05, 0.1) is 6.10 Å². The van der Waals surface area contributed by atoms with Crippen LogP contribution in [-0.4, -0.2) is 38.8 Å². The third kappa shape index (κ3) is 3.95. The SMILES string of the molecule is CC(C)OC(Cc1ccc(-c2cccnc2N)cc1)(C(=O)O)C(=O)O. The molecule has 7 heteroatoms. The molecule has 1 aromatic carbocycles. The lowest BCUT2D eigenvalue weighted by Gasteiger charge is -2.27. The van der Waals surface area contributed by atoms with Crippen molar-refractivity contribution < 1.29 is 24.5 Å². The van der Waals surface area contributed by atoms with Crippen molar-refractivity contribution in [3.05, 3.63) is 48.2 Å². The Bertz CT molecular complexity index is 757. The Kier molecular flexibility index (Phi) is 5.38. The van der Waals surface area contributed by atoms with Crippen LogP contribution in [0.3, 0.4) is 0 Å². The molecule has 25 heavy (non-hydrogen) atoms. The molecule has 132 valence electrons. The van der Waals surface area contributed by atoms with Gasteiger partial charge in [-0.1, -0.05) is 24.3 Å². The number of aromatic nitrogens is 1. The average Bonchev–Trinajstić information content (AvgIpc) is 2.54. The number of carbonyl (C=O) groups is 2. The minimum Gasteiger partial charge on any atom is -0.479 e. The van der Waals surface area contributed by atoms with Crippen LogP contribution < -0.4 is 5.73 Å². The number of nitrogens with zero attached hydrogens (tertiary/aromatic N) is 1. The summed E-state index contributed by atoms with van der Waals surface area (Å²) < 4.78 is 5.27. The van der Waals surface area contributed by atoms with E-state index in [4.69, 9.17) is 10.5 Å². The van der Waals surface area contributed by atoms with Crippen molar-refractivity contribution in [3.63, 3.8) is 0 Å². The molecule has 1 heterocycles. The number of rotatable bonds is 7. The first-order valence-electron chi connectivity index (χ1n) is 7.70. The number of hydrogen-bond acceptors (Lipinski definition) is 5. The Morgan fingerprint density at radius 1 is 1.16 bits per heavy atom. The third-order valence-electron chi connectivity index (χ3n) is 3.68. The fraction of sp³-hybridized carbons (Fsp3) is 0.278. The van der Waals surface area contributed by atoms with Crippen LogP contribution >= 0.6 is 0 Å². The zero-order valence-corrected chi connectivity index (χ0v) is 14.0. The van der Waals surface area contributed by atoms with Crippen LogP contribution in [0, 0.1) is 0 Å². The van der Waals surface area contributed by atoms with E-state index in [1.54, 1.807) is 50.4 Å². The maximum atomic E-state index is 11.6. The number of benzene rings is 1. The molecule has 2 rings (SSSR count). The summed E-state index contributed by atoms with van der Waals surface area (Å²) in [6.07, 6.45) is 0.741. The van der Waals surface area contributed by atoms with Crippen LogP contribution in [0.15, 0.2) is 42.6 Å². The second-order valence-corrected chi connectivity index (χ2v) is 5.91. The predicted molar refractivity (Wildman–Crippen MR) is 92.0 cm³/mol. The first kappa shape index (κ1) is 18.4. The Morgan fingerprint density at radius 3 is 2.24 bits per heavy atom. The van der Waals surface area contributed by atoms with Crippen LogP contribution in [0.1, 0.15) is 19.4 Å². The van der Waals surface area contributed by atoms with Crippen molar-refractivity contribution in [1.29, 1.82) is 0 Å². The van der Waals surface area contributed by atoms with Crippen molar-refractivity contribution in [2.45, 2.75) is 32.0 Å². The molecule has 0 radical (unpaired) electrons. The summed E-state index contributed by atoms with van der Waals surface area (Å²) in [5.74, 6) is -2.69. The van der Waals surface area contributed by atoms with E-state index in [1.165, 1.54) is 0 Å². The first-order valence-corrected chi connectivity index (χ1v) is 7.70. The number of carboxylic acid groups (broad SMARTS) is 2. The number of anilines is 1. The van der Waals surface area contributed by atoms with Gasteiger partial charge < -0.3 is 20.7 Å². The van der Waals surface area contributed by atoms with Gasteiger partial charge in [-0.05, 0) is 37.1 Å². The summed E-state index contributed by atoms with van der Waals surface area (Å²) in [4.78, 5) is 27.2. The third-order valence-corrected chi connectivity index (χ3v) is 3.68. The number of hydrogen-bond donors (Lipinski definition) is 3. The van der Waals surface area contributed by atoms with Crippen molar-refractivity contribution in [1.82, 2.24) is 4.98 Å². The second-order valence-electron chi connectivity index (χ2n) is 5.91. The Morgan fingerprint density at radius 2 is 1.76 bits per heavy atom. The maximum Gasteiger partial charge on any atom is 0.348 e. The number of nitrogen functional groups attached to an aromatic ring is 1. The number of carboxylic acids is 2. The highest BCUT2D eigenvalue weighted by atomic mass is 16.6. The molecule has 4 N–H and O–H groups in total. The number of ether oxygens (including phenoxy) is 1. The minimum atomic E-state index is -2.33. The predicted octanol–water partition coefficient (Wildman–Crippen LogP) is 2.21. The minimum absolute atomic E-state index is 0.293. The average molecular weight is 344 g/mol. The summed E-state index contributed by atoms with van der Waals surface area (Å²) in [6.45, 7) is 3.18. The smallest absolute Gasteiger partial charge is 0.348 e. The molecule has 0 spiro atoms. The molecule has 0 aliphatic carbocycles. The Balaban J connectivity index is 2.33. The molecule has 2 aromatic rings. The lowest BCUT2D eigenvalue weighted by molar-refractivity contribution is -0.188. The highest BCUT2D eigenvalue weighted by molar-refractivity contribution is 6.02. The highest BCUT2D eigenvalue weighted by Crippen LogP contribution is 2.26. The van der Waals surface area contributed by atoms with Gasteiger partial charge in [-0.3, -0.25) is 0 Å². The van der Waals surface area contributed by atoms with E-state index in [0.29, 0.717) is 11.4 Å². The monoisotopic (exact) mass is 344 g/mol. The lowest BCUT2D eigenvalue weighted by atomic mass is 9.92. The van der Waals surface area contributed by atoms with E-state index in [9.17, 15) is 19.8 Å². The zero-order valence-electron chi connectivity index (χ0n) is 14.0. The number of aliphatic carboxylic acids is 2. The van der Waals surface area contributed by atoms with Crippen LogP contribution in [0.4, 0.5) is 5.82 Å². The molecule has 0 atom stereocenters. The maximum absolute atomic E-state index is 11.6. The summed E-state index contributed by atoms with van der Waals surface area (Å²) >= 11 is 0. The van der Waals surface area contributed by atoms with E-state index < -0.39 is 23.6 Å². The zero-order chi connectivity index (χ0) is 18.6. The van der Waals surface area contributed by atoms with Gasteiger partial charge in [0.1, 0.15) is 5.82 Å². The highest BCUT2D eigenvalue weighted by Gasteiger charge is 2.49. The summed E-state index contributed by atoms with van der Waals surface area (Å²) in [7, 11) is 0. The molecule has 0 aliphatic rings. The molecular weight excluding hydrogens is 324 g/mol. The van der Waals surface area contributed by atoms with Gasteiger partial charge in [0.2, 0.25) is 0 Å².